The summed E-state index contributed by atoms with van der Waals surface area (Å²) in [5.41, 5.74) is 2.68. The summed E-state index contributed by atoms with van der Waals surface area (Å²) in [5.74, 6) is -0.207. The Bertz CT molecular complexity index is 1220. The molecule has 1 aliphatic rings. The van der Waals surface area contributed by atoms with Gasteiger partial charge in [-0.25, -0.2) is 8.42 Å². The Labute approximate surface area is 193 Å². The van der Waals surface area contributed by atoms with E-state index in [1.54, 1.807) is 23.1 Å². The third kappa shape index (κ3) is 4.74. The van der Waals surface area contributed by atoms with Gasteiger partial charge in [0.05, 0.1) is 10.7 Å². The molecule has 0 saturated carbocycles. The van der Waals surface area contributed by atoms with Gasteiger partial charge >= 0.3 is 0 Å². The lowest BCUT2D eigenvalue weighted by Gasteiger charge is -2.36. The number of anilines is 2. The minimum absolute atomic E-state index is 0.0662. The van der Waals surface area contributed by atoms with E-state index in [4.69, 9.17) is 11.6 Å². The number of halogens is 1. The molecule has 1 heterocycles. The van der Waals surface area contributed by atoms with Gasteiger partial charge in [-0.05, 0) is 48.9 Å². The monoisotopic (exact) mass is 469 g/mol. The maximum absolute atomic E-state index is 13.1. The lowest BCUT2D eigenvalue weighted by Crippen LogP contribution is -2.48. The van der Waals surface area contributed by atoms with Crippen LogP contribution in [0.25, 0.3) is 0 Å². The van der Waals surface area contributed by atoms with Gasteiger partial charge in [-0.3, -0.25) is 9.52 Å². The van der Waals surface area contributed by atoms with Crippen LogP contribution in [0.1, 0.15) is 15.9 Å². The summed E-state index contributed by atoms with van der Waals surface area (Å²) >= 11 is 6.21. The molecule has 6 nitrogen and oxygen atoms in total. The van der Waals surface area contributed by atoms with Crippen LogP contribution in [0.15, 0.2) is 77.7 Å². The number of piperazine rings is 1. The molecule has 8 heteroatoms. The fourth-order valence-electron chi connectivity index (χ4n) is 3.72. The molecule has 32 heavy (non-hydrogen) atoms. The lowest BCUT2D eigenvalue weighted by molar-refractivity contribution is 0.0746. The van der Waals surface area contributed by atoms with Crippen LogP contribution < -0.4 is 9.62 Å². The zero-order chi connectivity index (χ0) is 22.7. The standard InChI is InChI=1S/C24H24ClN3O3S/c1-18-7-5-6-10-22(18)26-32(30,31)23-17-19(11-12-21(23)25)24(29)28-15-13-27(14-16-28)20-8-3-2-4-9-20/h2-12,17,26H,13-16H2,1H3. The highest BCUT2D eigenvalue weighted by molar-refractivity contribution is 7.92. The van der Waals surface area contributed by atoms with Crippen LogP contribution in [-0.2, 0) is 10.0 Å². The summed E-state index contributed by atoms with van der Waals surface area (Å²) < 4.78 is 28.6. The summed E-state index contributed by atoms with van der Waals surface area (Å²) in [7, 11) is -3.96. The minimum Gasteiger partial charge on any atom is -0.368 e. The molecule has 0 aromatic heterocycles. The van der Waals surface area contributed by atoms with Crippen molar-refractivity contribution >= 4 is 38.9 Å². The molecule has 1 amide bonds. The first-order valence-corrected chi connectivity index (χ1v) is 12.2. The van der Waals surface area contributed by atoms with Crippen LogP contribution in [0.2, 0.25) is 5.02 Å². The van der Waals surface area contributed by atoms with Crippen molar-refractivity contribution in [3.63, 3.8) is 0 Å². The Hall–Kier alpha value is -3.03. The second-order valence-electron chi connectivity index (χ2n) is 7.68. The number of benzene rings is 3. The van der Waals surface area contributed by atoms with E-state index in [0.717, 1.165) is 11.3 Å². The van der Waals surface area contributed by atoms with Gasteiger partial charge in [0.2, 0.25) is 0 Å². The number of nitrogens with one attached hydrogen (secondary N) is 1. The fourth-order valence-corrected chi connectivity index (χ4v) is 5.38. The van der Waals surface area contributed by atoms with Gasteiger partial charge in [-0.1, -0.05) is 48.0 Å². The minimum atomic E-state index is -3.96. The largest absolute Gasteiger partial charge is 0.368 e. The number of hydrogen-bond acceptors (Lipinski definition) is 4. The molecule has 1 N–H and O–H groups in total. The first kappa shape index (κ1) is 22.2. The smallest absolute Gasteiger partial charge is 0.263 e. The number of amides is 1. The predicted molar refractivity (Wildman–Crippen MR) is 128 cm³/mol. The highest BCUT2D eigenvalue weighted by Gasteiger charge is 2.25. The Balaban J connectivity index is 1.51. The van der Waals surface area contributed by atoms with Crippen molar-refractivity contribution in [2.45, 2.75) is 11.8 Å². The molecule has 4 rings (SSSR count). The number of sulfonamides is 1. The zero-order valence-electron chi connectivity index (χ0n) is 17.7. The second kappa shape index (κ2) is 9.22. The molecular formula is C24H24ClN3O3S. The van der Waals surface area contributed by atoms with Gasteiger partial charge in [-0.2, -0.15) is 0 Å². The van der Waals surface area contributed by atoms with E-state index >= 15 is 0 Å². The fraction of sp³-hybridized carbons (Fsp3) is 0.208. The SMILES string of the molecule is Cc1ccccc1NS(=O)(=O)c1cc(C(=O)N2CCN(c3ccccc3)CC2)ccc1Cl. The van der Waals surface area contributed by atoms with E-state index in [1.165, 1.54) is 12.1 Å². The van der Waals surface area contributed by atoms with Crippen LogP contribution in [-0.4, -0.2) is 45.4 Å². The quantitative estimate of drug-likeness (QED) is 0.600. The average molecular weight is 470 g/mol. The maximum atomic E-state index is 13.1. The summed E-state index contributed by atoms with van der Waals surface area (Å²) in [5, 5.41) is 0.0662. The molecule has 0 aliphatic carbocycles. The molecule has 1 fully saturated rings. The van der Waals surface area contributed by atoms with Crippen molar-refractivity contribution in [1.82, 2.24) is 4.90 Å². The van der Waals surface area contributed by atoms with Crippen LogP contribution in [0.3, 0.4) is 0 Å². The molecule has 3 aromatic rings. The predicted octanol–water partition coefficient (Wildman–Crippen LogP) is 4.41. The van der Waals surface area contributed by atoms with Crippen LogP contribution in [0.4, 0.5) is 11.4 Å². The molecule has 0 unspecified atom stereocenters. The van der Waals surface area contributed by atoms with Gasteiger partial charge in [0.25, 0.3) is 15.9 Å². The summed E-state index contributed by atoms with van der Waals surface area (Å²) in [6.45, 7) is 4.35. The van der Waals surface area contributed by atoms with E-state index in [1.807, 2.05) is 37.3 Å². The Kier molecular flexibility index (Phi) is 6.39. The summed E-state index contributed by atoms with van der Waals surface area (Å²) in [6, 6.07) is 21.5. The van der Waals surface area contributed by atoms with Gasteiger partial charge in [0.15, 0.2) is 0 Å². The van der Waals surface area contributed by atoms with Crippen molar-refractivity contribution in [3.8, 4) is 0 Å². The average Bonchev–Trinajstić information content (AvgIpc) is 2.81. The third-order valence-electron chi connectivity index (χ3n) is 5.55. The molecule has 3 aromatic carbocycles. The number of rotatable bonds is 5. The number of para-hydroxylation sites is 2. The van der Waals surface area contributed by atoms with Gasteiger partial charge in [-0.15, -0.1) is 0 Å². The molecule has 0 radical (unpaired) electrons. The first-order chi connectivity index (χ1) is 15.3. The number of carbonyl (C=O) groups excluding carboxylic acids is 1. The van der Waals surface area contributed by atoms with E-state index < -0.39 is 10.0 Å². The second-order valence-corrected chi connectivity index (χ2v) is 9.74. The van der Waals surface area contributed by atoms with E-state index in [-0.39, 0.29) is 15.8 Å². The highest BCUT2D eigenvalue weighted by Crippen LogP contribution is 2.27. The number of aryl methyl sites for hydroxylation is 1. The number of carbonyl (C=O) groups is 1. The zero-order valence-corrected chi connectivity index (χ0v) is 19.2. The Morgan fingerprint density at radius 1 is 0.906 bits per heavy atom. The van der Waals surface area contributed by atoms with Crippen molar-refractivity contribution in [2.24, 2.45) is 0 Å². The topological polar surface area (TPSA) is 69.7 Å². The Morgan fingerprint density at radius 2 is 1.56 bits per heavy atom. The van der Waals surface area contributed by atoms with E-state index in [9.17, 15) is 13.2 Å². The number of hydrogen-bond donors (Lipinski definition) is 1. The van der Waals surface area contributed by atoms with Crippen LogP contribution in [0.5, 0.6) is 0 Å². The van der Waals surface area contributed by atoms with Crippen molar-refractivity contribution < 1.29 is 13.2 Å². The molecule has 1 saturated heterocycles. The van der Waals surface area contributed by atoms with Gasteiger partial charge in [0.1, 0.15) is 4.90 Å². The third-order valence-corrected chi connectivity index (χ3v) is 7.39. The van der Waals surface area contributed by atoms with Crippen molar-refractivity contribution in [1.29, 1.82) is 0 Å². The molecular weight excluding hydrogens is 446 g/mol. The van der Waals surface area contributed by atoms with Crippen molar-refractivity contribution in [3.05, 3.63) is 88.9 Å². The van der Waals surface area contributed by atoms with Crippen LogP contribution in [0, 0.1) is 6.92 Å². The van der Waals surface area contributed by atoms with E-state index in [2.05, 4.69) is 21.8 Å². The van der Waals surface area contributed by atoms with Crippen molar-refractivity contribution in [2.75, 3.05) is 35.8 Å². The summed E-state index contributed by atoms with van der Waals surface area (Å²) in [6.07, 6.45) is 0. The lowest BCUT2D eigenvalue weighted by atomic mass is 10.1. The molecule has 166 valence electrons. The highest BCUT2D eigenvalue weighted by atomic mass is 35.5. The van der Waals surface area contributed by atoms with Gasteiger partial charge < -0.3 is 9.80 Å². The molecule has 0 atom stereocenters. The molecule has 0 spiro atoms. The Morgan fingerprint density at radius 3 is 2.25 bits per heavy atom. The maximum Gasteiger partial charge on any atom is 0.263 e. The van der Waals surface area contributed by atoms with Crippen LogP contribution >= 0.6 is 11.6 Å². The number of nitrogens with zero attached hydrogens (tertiary/aromatic N) is 2. The van der Waals surface area contributed by atoms with E-state index in [0.29, 0.717) is 37.4 Å². The summed E-state index contributed by atoms with van der Waals surface area (Å²) in [4.78, 5) is 17.0. The van der Waals surface area contributed by atoms with Gasteiger partial charge in [0, 0.05) is 37.4 Å². The molecule has 1 aliphatic heterocycles. The molecule has 0 bridgehead atoms. The normalized spacial score (nSPS) is 14.3. The first-order valence-electron chi connectivity index (χ1n) is 10.3.